The highest BCUT2D eigenvalue weighted by Crippen LogP contribution is 2.31. The lowest BCUT2D eigenvalue weighted by Crippen LogP contribution is -2.47. The molecule has 2 N–H and O–H groups in total. The van der Waals surface area contributed by atoms with Crippen LogP contribution in [0.3, 0.4) is 0 Å². The Morgan fingerprint density at radius 2 is 1.84 bits per heavy atom. The van der Waals surface area contributed by atoms with Crippen LogP contribution in [0, 0.1) is 0 Å². The summed E-state index contributed by atoms with van der Waals surface area (Å²) in [6.45, 7) is 3.87. The summed E-state index contributed by atoms with van der Waals surface area (Å²) in [7, 11) is -3.01. The number of nitrogens with two attached hydrogens (primary N) is 1. The van der Waals surface area contributed by atoms with Crippen molar-refractivity contribution in [2.75, 3.05) is 18.5 Å². The van der Waals surface area contributed by atoms with Crippen molar-refractivity contribution in [2.24, 2.45) is 5.73 Å². The van der Waals surface area contributed by atoms with Gasteiger partial charge in [0.15, 0.2) is 0 Å². The molecule has 0 fully saturated rings. The summed E-state index contributed by atoms with van der Waals surface area (Å²) in [6, 6.07) is 5.69. The van der Waals surface area contributed by atoms with Crippen LogP contribution in [0.2, 0.25) is 0 Å². The molecule has 0 aliphatic rings. The molecule has 0 aliphatic carbocycles. The number of para-hydroxylation sites is 1. The average Bonchev–Trinajstić information content (AvgIpc) is 2.37. The summed E-state index contributed by atoms with van der Waals surface area (Å²) in [5, 5.41) is 0. The molecule has 4 nitrogen and oxygen atoms in total. The monoisotopic (exact) mass is 292 g/mol. The van der Waals surface area contributed by atoms with Gasteiger partial charge in [0.1, 0.15) is 0 Å². The Morgan fingerprint density at radius 3 is 2.32 bits per heavy atom. The molecule has 0 heterocycles. The highest BCUT2D eigenvalue weighted by atomic mass is 32.2. The van der Waals surface area contributed by atoms with E-state index in [1.54, 1.807) is 31.9 Å². The van der Waals surface area contributed by atoms with Crippen LogP contribution in [0.4, 0.5) is 14.5 Å². The largest absolute Gasteiger partial charge is 0.367 e. The molecule has 0 radical (unpaired) electrons. The topological polar surface area (TPSA) is 63.4 Å². The van der Waals surface area contributed by atoms with E-state index in [0.29, 0.717) is 0 Å². The lowest BCUT2D eigenvalue weighted by atomic mass is 10.0. The van der Waals surface area contributed by atoms with Gasteiger partial charge < -0.3 is 10.6 Å². The molecular weight excluding hydrogens is 274 g/mol. The van der Waals surface area contributed by atoms with Crippen molar-refractivity contribution in [1.82, 2.24) is 0 Å². The van der Waals surface area contributed by atoms with Crippen molar-refractivity contribution in [2.45, 2.75) is 30.0 Å². The second-order valence-electron chi connectivity index (χ2n) is 4.85. The maximum absolute atomic E-state index is 12.7. The Balaban J connectivity index is 3.40. The standard InChI is InChI=1S/C12H18F2N2O2S/c1-12(2,8-15)16(3)9-6-4-5-7-10(9)19(17,18)11(13)14/h4-7,11H,8,15H2,1-3H3. The molecule has 0 saturated carbocycles. The molecule has 19 heavy (non-hydrogen) atoms. The van der Waals surface area contributed by atoms with Gasteiger partial charge in [0.25, 0.3) is 0 Å². The number of anilines is 1. The van der Waals surface area contributed by atoms with Gasteiger partial charge in [-0.3, -0.25) is 0 Å². The quantitative estimate of drug-likeness (QED) is 0.899. The van der Waals surface area contributed by atoms with Gasteiger partial charge in [0.2, 0.25) is 9.84 Å². The van der Waals surface area contributed by atoms with Crippen LogP contribution in [0.15, 0.2) is 29.2 Å². The molecule has 108 valence electrons. The van der Waals surface area contributed by atoms with E-state index in [-0.39, 0.29) is 17.1 Å². The van der Waals surface area contributed by atoms with E-state index in [9.17, 15) is 17.2 Å². The maximum atomic E-state index is 12.7. The maximum Gasteiger partial charge on any atom is 0.341 e. The first kappa shape index (κ1) is 15.8. The smallest absolute Gasteiger partial charge is 0.341 e. The molecule has 7 heteroatoms. The van der Waals surface area contributed by atoms with Crippen LogP contribution in [0.25, 0.3) is 0 Å². The molecule has 0 aliphatic heterocycles. The predicted molar refractivity (Wildman–Crippen MR) is 71.2 cm³/mol. The summed E-state index contributed by atoms with van der Waals surface area (Å²) in [6.07, 6.45) is 0. The van der Waals surface area contributed by atoms with E-state index < -0.39 is 21.1 Å². The highest BCUT2D eigenvalue weighted by molar-refractivity contribution is 7.91. The number of nitrogens with zero attached hydrogens (tertiary/aromatic N) is 1. The zero-order chi connectivity index (χ0) is 14.8. The summed E-state index contributed by atoms with van der Waals surface area (Å²) in [4.78, 5) is 1.22. The third kappa shape index (κ3) is 3.03. The van der Waals surface area contributed by atoms with Crippen molar-refractivity contribution >= 4 is 15.5 Å². The number of hydrogen-bond acceptors (Lipinski definition) is 4. The number of rotatable bonds is 5. The van der Waals surface area contributed by atoms with E-state index in [1.165, 1.54) is 18.2 Å². The van der Waals surface area contributed by atoms with Crippen molar-refractivity contribution in [3.05, 3.63) is 24.3 Å². The summed E-state index contributed by atoms with van der Waals surface area (Å²) in [5.41, 5.74) is 5.30. The Kier molecular flexibility index (Phi) is 4.52. The van der Waals surface area contributed by atoms with Crippen molar-refractivity contribution in [3.8, 4) is 0 Å². The molecule has 1 rings (SSSR count). The second-order valence-corrected chi connectivity index (χ2v) is 6.74. The van der Waals surface area contributed by atoms with Crippen LogP contribution < -0.4 is 10.6 Å². The molecule has 0 saturated heterocycles. The van der Waals surface area contributed by atoms with E-state index in [1.807, 2.05) is 0 Å². The van der Waals surface area contributed by atoms with Gasteiger partial charge in [0.05, 0.1) is 10.6 Å². The minimum atomic E-state index is -4.64. The number of alkyl halides is 2. The fraction of sp³-hybridized carbons (Fsp3) is 0.500. The van der Waals surface area contributed by atoms with Gasteiger partial charge in [-0.05, 0) is 26.0 Å². The van der Waals surface area contributed by atoms with E-state index >= 15 is 0 Å². The summed E-state index contributed by atoms with van der Waals surface area (Å²) >= 11 is 0. The number of halogens is 2. The van der Waals surface area contributed by atoms with Crippen molar-refractivity contribution < 1.29 is 17.2 Å². The van der Waals surface area contributed by atoms with Gasteiger partial charge in [-0.2, -0.15) is 8.78 Å². The number of hydrogen-bond donors (Lipinski definition) is 1. The second kappa shape index (κ2) is 5.42. The molecular formula is C12H18F2N2O2S. The van der Waals surface area contributed by atoms with Crippen molar-refractivity contribution in [3.63, 3.8) is 0 Å². The fourth-order valence-electron chi connectivity index (χ4n) is 1.53. The average molecular weight is 292 g/mol. The first-order valence-corrected chi connectivity index (χ1v) is 7.24. The zero-order valence-electron chi connectivity index (χ0n) is 11.1. The van der Waals surface area contributed by atoms with Crippen LogP contribution in [0.1, 0.15) is 13.8 Å². The van der Waals surface area contributed by atoms with E-state index in [0.717, 1.165) is 0 Å². The number of likely N-dealkylation sites (N-methyl/N-ethyl adjacent to an activating group) is 1. The molecule has 0 aromatic heterocycles. The Labute approximate surface area is 112 Å². The zero-order valence-corrected chi connectivity index (χ0v) is 11.9. The minimum Gasteiger partial charge on any atom is -0.367 e. The summed E-state index contributed by atoms with van der Waals surface area (Å²) < 4.78 is 48.7. The molecule has 0 atom stereocenters. The number of sulfone groups is 1. The van der Waals surface area contributed by atoms with Gasteiger partial charge in [-0.15, -0.1) is 0 Å². The molecule has 0 amide bonds. The van der Waals surface area contributed by atoms with Gasteiger partial charge in [-0.25, -0.2) is 8.42 Å². The van der Waals surface area contributed by atoms with Gasteiger partial charge >= 0.3 is 5.76 Å². The third-order valence-electron chi connectivity index (χ3n) is 3.18. The molecule has 0 spiro atoms. The SMILES string of the molecule is CN(c1ccccc1S(=O)(=O)C(F)F)C(C)(C)CN. The van der Waals surface area contributed by atoms with Crippen molar-refractivity contribution in [1.29, 1.82) is 0 Å². The lowest BCUT2D eigenvalue weighted by molar-refractivity contribution is 0.234. The van der Waals surface area contributed by atoms with Gasteiger partial charge in [0, 0.05) is 19.1 Å². The van der Waals surface area contributed by atoms with Crippen LogP contribution in [-0.4, -0.2) is 33.3 Å². The van der Waals surface area contributed by atoms with Crippen LogP contribution in [-0.2, 0) is 9.84 Å². The first-order valence-electron chi connectivity index (χ1n) is 5.69. The number of benzene rings is 1. The predicted octanol–water partition coefficient (Wildman–Crippen LogP) is 1.86. The Hall–Kier alpha value is -1.21. The Bertz CT molecular complexity index is 544. The lowest BCUT2D eigenvalue weighted by Gasteiger charge is -2.37. The molecule has 1 aromatic rings. The molecule has 0 unspecified atom stereocenters. The normalized spacial score (nSPS) is 12.8. The van der Waals surface area contributed by atoms with Gasteiger partial charge in [-0.1, -0.05) is 12.1 Å². The first-order chi connectivity index (χ1) is 8.64. The van der Waals surface area contributed by atoms with E-state index in [4.69, 9.17) is 5.73 Å². The van der Waals surface area contributed by atoms with Crippen LogP contribution >= 0.6 is 0 Å². The highest BCUT2D eigenvalue weighted by Gasteiger charge is 2.32. The molecule has 0 bridgehead atoms. The van der Waals surface area contributed by atoms with Crippen LogP contribution in [0.5, 0.6) is 0 Å². The fourth-order valence-corrected chi connectivity index (χ4v) is 2.49. The third-order valence-corrected chi connectivity index (χ3v) is 4.60. The Morgan fingerprint density at radius 1 is 1.32 bits per heavy atom. The van der Waals surface area contributed by atoms with E-state index in [2.05, 4.69) is 0 Å². The summed E-state index contributed by atoms with van der Waals surface area (Å²) in [5.74, 6) is -3.44. The molecule has 1 aromatic carbocycles. The minimum absolute atomic E-state index is 0.221.